The summed E-state index contributed by atoms with van der Waals surface area (Å²) < 4.78 is 38.4. The van der Waals surface area contributed by atoms with Gasteiger partial charge in [-0.15, -0.1) is 11.3 Å². The quantitative estimate of drug-likeness (QED) is 0.218. The average Bonchev–Trinajstić information content (AvgIpc) is 3.47. The van der Waals surface area contributed by atoms with Gasteiger partial charge in [-0.2, -0.15) is 13.2 Å². The fraction of sp³-hybridized carbons (Fsp3) is 0.258. The molecule has 0 unspecified atom stereocenters. The second-order valence-corrected chi connectivity index (χ2v) is 10.8. The highest BCUT2D eigenvalue weighted by Crippen LogP contribution is 2.36. The molecule has 0 atom stereocenters. The highest BCUT2D eigenvalue weighted by Gasteiger charge is 2.30. The Bertz CT molecular complexity index is 1440. The van der Waals surface area contributed by atoms with Crippen LogP contribution in [0.4, 0.5) is 29.7 Å². The van der Waals surface area contributed by atoms with Crippen LogP contribution in [0.25, 0.3) is 11.3 Å². The van der Waals surface area contributed by atoms with Crippen molar-refractivity contribution >= 4 is 40.0 Å². The number of halogens is 3. The number of nitrogens with zero attached hydrogens (tertiary/aromatic N) is 2. The van der Waals surface area contributed by atoms with Crippen molar-refractivity contribution in [2.75, 3.05) is 16.8 Å². The summed E-state index contributed by atoms with van der Waals surface area (Å²) in [6.45, 7) is 0.863. The number of benzene rings is 3. The van der Waals surface area contributed by atoms with Crippen LogP contribution in [0.5, 0.6) is 0 Å². The van der Waals surface area contributed by atoms with Crippen LogP contribution in [0.15, 0.2) is 78.2 Å². The Hall–Kier alpha value is -3.98. The zero-order chi connectivity index (χ0) is 28.1. The number of anilines is 3. The number of carbonyl (C=O) groups excluding carboxylic acids is 2. The van der Waals surface area contributed by atoms with E-state index in [2.05, 4.69) is 10.2 Å². The molecule has 0 spiro atoms. The van der Waals surface area contributed by atoms with E-state index >= 15 is 0 Å². The topological polar surface area (TPSA) is 62.3 Å². The van der Waals surface area contributed by atoms with Crippen LogP contribution in [0.1, 0.15) is 58.4 Å². The molecule has 0 radical (unpaired) electrons. The molecule has 40 heavy (non-hydrogen) atoms. The molecule has 1 fully saturated rings. The highest BCUT2D eigenvalue weighted by atomic mass is 32.1. The molecule has 3 aromatic carbocycles. The maximum absolute atomic E-state index is 12.8. The van der Waals surface area contributed by atoms with Gasteiger partial charge in [0.15, 0.2) is 5.13 Å². The van der Waals surface area contributed by atoms with E-state index in [1.165, 1.54) is 32.1 Å². The van der Waals surface area contributed by atoms with Crippen molar-refractivity contribution in [2.24, 2.45) is 5.92 Å². The number of hydrogen-bond acceptors (Lipinski definition) is 5. The summed E-state index contributed by atoms with van der Waals surface area (Å²) in [5, 5.41) is 5.60. The molecule has 1 amide bonds. The minimum Gasteiger partial charge on any atom is -0.322 e. The van der Waals surface area contributed by atoms with Gasteiger partial charge in [-0.3, -0.25) is 9.59 Å². The largest absolute Gasteiger partial charge is 0.416 e. The summed E-state index contributed by atoms with van der Waals surface area (Å²) in [7, 11) is 0. The fourth-order valence-electron chi connectivity index (χ4n) is 4.91. The fourth-order valence-corrected chi connectivity index (χ4v) is 5.78. The smallest absolute Gasteiger partial charge is 0.322 e. The summed E-state index contributed by atoms with van der Waals surface area (Å²) >= 11 is 1.56. The maximum atomic E-state index is 12.8. The minimum atomic E-state index is -4.45. The Morgan fingerprint density at radius 1 is 0.950 bits per heavy atom. The molecule has 0 saturated heterocycles. The monoisotopic (exact) mass is 563 g/mol. The van der Waals surface area contributed by atoms with E-state index in [1.54, 1.807) is 23.5 Å². The summed E-state index contributed by atoms with van der Waals surface area (Å²) in [5.74, 6) is 0.0933. The van der Waals surface area contributed by atoms with Crippen LogP contribution in [-0.4, -0.2) is 23.7 Å². The first-order chi connectivity index (χ1) is 19.3. The predicted molar refractivity (Wildman–Crippen MR) is 152 cm³/mol. The summed E-state index contributed by atoms with van der Waals surface area (Å²) in [6.07, 6.45) is 2.55. The van der Waals surface area contributed by atoms with Crippen molar-refractivity contribution in [3.8, 4) is 11.3 Å². The molecule has 4 aromatic rings. The van der Waals surface area contributed by atoms with Crippen molar-refractivity contribution < 1.29 is 22.8 Å². The van der Waals surface area contributed by atoms with Gasteiger partial charge in [0.25, 0.3) is 5.91 Å². The first kappa shape index (κ1) is 27.6. The Labute approximate surface area is 234 Å². The highest BCUT2D eigenvalue weighted by molar-refractivity contribution is 7.14. The lowest BCUT2D eigenvalue weighted by molar-refractivity contribution is -0.137. The number of rotatable bonds is 8. The molecule has 1 aromatic heterocycles. The lowest BCUT2D eigenvalue weighted by Gasteiger charge is -2.29. The summed E-state index contributed by atoms with van der Waals surface area (Å²) in [6, 6.07) is 18.9. The van der Waals surface area contributed by atoms with Gasteiger partial charge in [0, 0.05) is 40.0 Å². The van der Waals surface area contributed by atoms with E-state index in [1.807, 2.05) is 41.8 Å². The number of alkyl halides is 3. The molecule has 1 saturated carbocycles. The third-order valence-corrected chi connectivity index (χ3v) is 8.01. The van der Waals surface area contributed by atoms with Crippen LogP contribution < -0.4 is 10.2 Å². The van der Waals surface area contributed by atoms with Gasteiger partial charge in [0.1, 0.15) is 6.29 Å². The Balaban J connectivity index is 1.30. The van der Waals surface area contributed by atoms with Crippen LogP contribution >= 0.6 is 11.3 Å². The van der Waals surface area contributed by atoms with Crippen LogP contribution in [-0.2, 0) is 6.18 Å². The van der Waals surface area contributed by atoms with Gasteiger partial charge in [0.05, 0.1) is 11.3 Å². The second-order valence-electron chi connectivity index (χ2n) is 9.95. The average molecular weight is 564 g/mol. The molecule has 5 rings (SSSR count). The normalized spacial score (nSPS) is 14.1. The van der Waals surface area contributed by atoms with Gasteiger partial charge >= 0.3 is 6.18 Å². The number of aromatic nitrogens is 1. The molecule has 1 aliphatic rings. The first-order valence-corrected chi connectivity index (χ1v) is 14.1. The van der Waals surface area contributed by atoms with Crippen LogP contribution in [0.3, 0.4) is 0 Å². The molecule has 0 aliphatic heterocycles. The zero-order valence-corrected chi connectivity index (χ0v) is 22.5. The molecular formula is C31H28F3N3O2S. The Morgan fingerprint density at radius 2 is 1.62 bits per heavy atom. The van der Waals surface area contributed by atoms with Gasteiger partial charge in [-0.05, 0) is 79.4 Å². The van der Waals surface area contributed by atoms with E-state index in [-0.39, 0.29) is 5.56 Å². The van der Waals surface area contributed by atoms with Gasteiger partial charge in [-0.25, -0.2) is 4.98 Å². The Morgan fingerprint density at radius 3 is 2.25 bits per heavy atom. The second kappa shape index (κ2) is 12.0. The third kappa shape index (κ3) is 6.59. The lowest BCUT2D eigenvalue weighted by Crippen LogP contribution is -2.26. The van der Waals surface area contributed by atoms with E-state index < -0.39 is 17.6 Å². The van der Waals surface area contributed by atoms with Crippen molar-refractivity contribution in [3.05, 3.63) is 94.9 Å². The molecule has 1 aliphatic carbocycles. The summed E-state index contributed by atoms with van der Waals surface area (Å²) in [4.78, 5) is 30.8. The van der Waals surface area contributed by atoms with E-state index in [0.29, 0.717) is 17.2 Å². The Kier molecular flexibility index (Phi) is 8.30. The van der Waals surface area contributed by atoms with E-state index in [0.717, 1.165) is 59.2 Å². The number of hydrogen-bond donors (Lipinski definition) is 1. The van der Waals surface area contributed by atoms with Crippen molar-refractivity contribution in [2.45, 2.75) is 38.3 Å². The van der Waals surface area contributed by atoms with E-state index in [4.69, 9.17) is 4.98 Å². The molecule has 0 bridgehead atoms. The van der Waals surface area contributed by atoms with Crippen LogP contribution in [0.2, 0.25) is 0 Å². The predicted octanol–water partition coefficient (Wildman–Crippen LogP) is 8.61. The molecule has 206 valence electrons. The number of aldehydes is 1. The van der Waals surface area contributed by atoms with Gasteiger partial charge in [0.2, 0.25) is 0 Å². The third-order valence-electron chi connectivity index (χ3n) is 7.14. The SMILES string of the molecule is O=Cc1ccc(N(CC2CCCCC2)c2nc(-c3ccc(NC(=O)c4ccc(C(F)(F)F)cc4)cc3)cs2)cc1. The van der Waals surface area contributed by atoms with Crippen LogP contribution in [0, 0.1) is 5.92 Å². The number of nitrogens with one attached hydrogen (secondary N) is 1. The van der Waals surface area contributed by atoms with E-state index in [9.17, 15) is 22.8 Å². The zero-order valence-electron chi connectivity index (χ0n) is 21.7. The summed E-state index contributed by atoms with van der Waals surface area (Å²) in [5.41, 5.74) is 3.18. The van der Waals surface area contributed by atoms with Gasteiger partial charge < -0.3 is 10.2 Å². The minimum absolute atomic E-state index is 0.139. The van der Waals surface area contributed by atoms with Crippen molar-refractivity contribution in [1.82, 2.24) is 4.98 Å². The number of carbonyl (C=O) groups is 2. The first-order valence-electron chi connectivity index (χ1n) is 13.2. The molecular weight excluding hydrogens is 535 g/mol. The van der Waals surface area contributed by atoms with Gasteiger partial charge in [-0.1, -0.05) is 31.4 Å². The van der Waals surface area contributed by atoms with Crippen molar-refractivity contribution in [3.63, 3.8) is 0 Å². The maximum Gasteiger partial charge on any atom is 0.416 e. The molecule has 1 N–H and O–H groups in total. The molecule has 5 nitrogen and oxygen atoms in total. The lowest BCUT2D eigenvalue weighted by atomic mass is 9.89. The van der Waals surface area contributed by atoms with Crippen molar-refractivity contribution in [1.29, 1.82) is 0 Å². The molecule has 1 heterocycles. The number of amides is 1. The number of thiazole rings is 1. The standard InChI is InChI=1S/C31H28F3N3O2S/c32-31(33,34)25-12-8-24(9-13-25)29(39)35-26-14-10-23(11-15-26)28-20-40-30(36-28)37(18-21-4-2-1-3-5-21)27-16-6-22(19-38)7-17-27/h6-17,19-21H,1-5,18H2,(H,35,39). The molecule has 9 heteroatoms.